The zero-order valence-corrected chi connectivity index (χ0v) is 55.4. The summed E-state index contributed by atoms with van der Waals surface area (Å²) < 4.78 is 69.8. The lowest BCUT2D eigenvalue weighted by atomic mass is 9.33. The summed E-state index contributed by atoms with van der Waals surface area (Å²) in [6.07, 6.45) is -43.9. The highest BCUT2D eigenvalue weighted by atomic mass is 16.8. The van der Waals surface area contributed by atoms with Gasteiger partial charge in [0.2, 0.25) is 6.29 Å². The molecule has 34 heteroatoms. The summed E-state index contributed by atoms with van der Waals surface area (Å²) >= 11 is 0. The first-order chi connectivity index (χ1) is 46.0. The van der Waals surface area contributed by atoms with Crippen LogP contribution in [0.4, 0.5) is 0 Å². The van der Waals surface area contributed by atoms with E-state index in [1.54, 1.807) is 0 Å². The minimum absolute atomic E-state index is 0.00193. The van der Waals surface area contributed by atoms with Gasteiger partial charge in [-0.05, 0) is 106 Å². The fraction of sp³-hybridized carbons (Fsp3) is 0.938. The fourth-order valence-corrected chi connectivity index (χ4v) is 19.0. The zero-order valence-electron chi connectivity index (χ0n) is 55.4. The Morgan fingerprint density at radius 2 is 1.11 bits per heavy atom. The van der Waals surface area contributed by atoms with Gasteiger partial charge in [0.05, 0.1) is 69.3 Å². The second-order valence-corrected chi connectivity index (χ2v) is 31.0. The number of carboxylic acid groups (broad SMARTS) is 1. The molecule has 0 aromatic carbocycles. The van der Waals surface area contributed by atoms with Crippen molar-refractivity contribution in [3.8, 4) is 0 Å². The minimum atomic E-state index is -2.25. The maximum Gasteiger partial charge on any atom is 0.315 e. The van der Waals surface area contributed by atoms with E-state index in [2.05, 4.69) is 20.8 Å². The van der Waals surface area contributed by atoms with Gasteiger partial charge in [0.15, 0.2) is 37.6 Å². The monoisotopic (exact) mass is 1410 g/mol. The van der Waals surface area contributed by atoms with E-state index in [-0.39, 0.29) is 50.0 Å². The van der Waals surface area contributed by atoms with E-state index < -0.39 is 268 Å². The van der Waals surface area contributed by atoms with Crippen molar-refractivity contribution < 1.29 is 169 Å². The number of hydrogen-bond donors (Lipinski definition) is 20. The number of allylic oxidation sites excluding steroid dienone is 1. The van der Waals surface area contributed by atoms with Gasteiger partial charge in [-0.2, -0.15) is 0 Å². The Bertz CT molecular complexity index is 2820. The van der Waals surface area contributed by atoms with Gasteiger partial charge >= 0.3 is 11.9 Å². The largest absolute Gasteiger partial charge is 0.481 e. The van der Waals surface area contributed by atoms with Gasteiger partial charge in [0, 0.05) is 5.41 Å². The molecule has 5 aliphatic carbocycles. The normalized spacial score (nSPS) is 54.1. The third-order valence-electron chi connectivity index (χ3n) is 25.0. The van der Waals surface area contributed by atoms with Crippen LogP contribution in [0.3, 0.4) is 0 Å². The summed E-state index contributed by atoms with van der Waals surface area (Å²) in [6.45, 7) is 6.21. The van der Waals surface area contributed by atoms with Crippen LogP contribution in [0.25, 0.3) is 0 Å². The number of carboxylic acids is 1. The Labute approximate surface area is 564 Å². The number of carbonyl (C=O) groups is 2. The van der Waals surface area contributed by atoms with Gasteiger partial charge in [-0.1, -0.05) is 39.3 Å². The molecule has 0 bridgehead atoms. The molecule has 6 aliphatic heterocycles. The van der Waals surface area contributed by atoms with Crippen LogP contribution in [0.1, 0.15) is 99.3 Å². The number of fused-ring (bicyclic) bond motifs is 7. The van der Waals surface area contributed by atoms with E-state index >= 15 is 4.79 Å². The molecule has 0 spiro atoms. The summed E-state index contributed by atoms with van der Waals surface area (Å²) in [5.41, 5.74) is -7.77. The molecule has 34 nitrogen and oxygen atoms in total. The van der Waals surface area contributed by atoms with E-state index in [9.17, 15) is 107 Å². The van der Waals surface area contributed by atoms with Crippen LogP contribution < -0.4 is 0 Å². The van der Waals surface area contributed by atoms with Crippen molar-refractivity contribution >= 4 is 11.9 Å². The molecule has 0 aromatic rings. The first-order valence-electron chi connectivity index (χ1n) is 33.9. The maximum absolute atomic E-state index is 15.6. The highest BCUT2D eigenvalue weighted by Gasteiger charge is 2.74. The summed E-state index contributed by atoms with van der Waals surface area (Å²) in [4.78, 5) is 29.4. The molecular weight excluding hydrogens is 1310 g/mol. The smallest absolute Gasteiger partial charge is 0.315 e. The highest BCUT2D eigenvalue weighted by Crippen LogP contribution is 2.76. The van der Waals surface area contributed by atoms with Gasteiger partial charge in [0.25, 0.3) is 0 Å². The van der Waals surface area contributed by atoms with E-state index in [1.807, 2.05) is 13.0 Å². The molecule has 98 heavy (non-hydrogen) atoms. The number of rotatable bonds is 18. The van der Waals surface area contributed by atoms with Gasteiger partial charge in [-0.3, -0.25) is 9.59 Å². The number of hydrogen-bond acceptors (Lipinski definition) is 33. The van der Waals surface area contributed by atoms with Crippen LogP contribution in [0.5, 0.6) is 0 Å². The van der Waals surface area contributed by atoms with E-state index in [0.29, 0.717) is 25.7 Å². The number of aliphatic hydroxyl groups is 19. The highest BCUT2D eigenvalue weighted by molar-refractivity contribution is 5.79. The average Bonchev–Trinajstić information content (AvgIpc) is 1.18. The van der Waals surface area contributed by atoms with Crippen LogP contribution in [0.15, 0.2) is 11.6 Å². The molecule has 37 atom stereocenters. The molecule has 4 saturated carbocycles. The van der Waals surface area contributed by atoms with Gasteiger partial charge in [0.1, 0.15) is 122 Å². The van der Waals surface area contributed by atoms with Crippen molar-refractivity contribution in [2.75, 3.05) is 46.2 Å². The van der Waals surface area contributed by atoms with Crippen molar-refractivity contribution in [2.24, 2.45) is 50.2 Å². The molecule has 6 saturated heterocycles. The molecule has 11 rings (SSSR count). The van der Waals surface area contributed by atoms with E-state index in [0.717, 1.165) is 5.57 Å². The molecule has 0 unspecified atom stereocenters. The third-order valence-corrected chi connectivity index (χ3v) is 25.0. The van der Waals surface area contributed by atoms with Gasteiger partial charge < -0.3 is 159 Å². The van der Waals surface area contributed by atoms with E-state index in [1.165, 1.54) is 13.8 Å². The Morgan fingerprint density at radius 1 is 0.561 bits per heavy atom. The lowest BCUT2D eigenvalue weighted by Crippen LogP contribution is -2.71. The molecule has 11 aliphatic rings. The first kappa shape index (κ1) is 76.6. The Morgan fingerprint density at radius 3 is 1.73 bits per heavy atom. The summed E-state index contributed by atoms with van der Waals surface area (Å²) in [5.74, 6) is -3.78. The lowest BCUT2D eigenvalue weighted by molar-refractivity contribution is -0.376. The standard InChI is InChI=1S/C64H102O34/c1-24-46(95-50-42(78)37(73)31(20-87-50)94-55-48(82)64(86,23-89-55)22-88-51-43(79)38(74)34(70)28(17-65)91-51)41(77)45(81)52(90-24)96-47-40(76)36(72)30(19-67)93-54(47)98-57(85)62-12-11-58(2,3)15-26(62)25-7-8-32-59(4)16-27(69)49(97-53-44(80)39(75)35(71)29(18-66)92-53)61(6,56(83)84)33(59)9-10-60(32,5)63(25,21-68)14-13-62/h7,24,26-55,65-82,86H,8-23H2,1-6H3,(H,83,84)/t24-,26-,27-,28+,29+,30+,31-,32+,33+,34-,35+,36+,37-,38-,39-,40-,41-,42+,43+,44+,45+,46-,47+,48-,49-,50-,51+,52-,53+,54-,55-,59+,60+,61-,62-,63-,64+/m0/s1. The first-order valence-corrected chi connectivity index (χ1v) is 33.9. The van der Waals surface area contributed by atoms with Crippen molar-refractivity contribution in [1.82, 2.24) is 0 Å². The minimum Gasteiger partial charge on any atom is -0.481 e. The maximum atomic E-state index is 15.6. The second-order valence-electron chi connectivity index (χ2n) is 31.0. The molecule has 0 amide bonds. The number of aliphatic hydroxyl groups excluding tert-OH is 18. The number of aliphatic carboxylic acids is 1. The van der Waals surface area contributed by atoms with Crippen LogP contribution in [-0.2, 0) is 66.4 Å². The molecule has 0 radical (unpaired) electrons. The molecular formula is C64H102O34. The van der Waals surface area contributed by atoms with Crippen molar-refractivity contribution in [3.63, 3.8) is 0 Å². The van der Waals surface area contributed by atoms with Gasteiger partial charge in [-0.25, -0.2) is 0 Å². The van der Waals surface area contributed by atoms with Crippen LogP contribution in [0.2, 0.25) is 0 Å². The number of esters is 1. The SMILES string of the molecule is C[C@@H]1O[C@@H](O[C@H]2[C@H](OC(=O)[C@]34CCC(C)(C)C[C@H]3C3=CC[C@@H]5[C@@]6(C)C[C@H](O)[C@H](O[C@H]7O[C@H](CO)[C@@H](O)[C@H](O)[C@H]7O)[C@@](C)(C(=O)O)[C@@H]6CC[C@@]5(C)[C@]3(CO)CC4)O[C@H](CO)[C@@H](O)[C@@H]2O)[C@H](O)[C@H](O)[C@H]1O[C@@H]1OC[C@H](O[C@@H]2OC[C@](O)(CO[C@@H]3O[C@H](CO)[C@H](O)[C@H](O)[C@H]3O)[C@H]2O)[C@H](O)[C@H]1O. The third kappa shape index (κ3) is 12.6. The second kappa shape index (κ2) is 28.4. The van der Waals surface area contributed by atoms with Crippen molar-refractivity contribution in [3.05, 3.63) is 11.6 Å². The summed E-state index contributed by atoms with van der Waals surface area (Å²) in [6, 6.07) is 0. The average molecular weight is 1420 g/mol. The molecule has 10 fully saturated rings. The summed E-state index contributed by atoms with van der Waals surface area (Å²) in [5, 5.41) is 219. The van der Waals surface area contributed by atoms with E-state index in [4.69, 9.17) is 56.8 Å². The van der Waals surface area contributed by atoms with Crippen LogP contribution in [-0.4, -0.2) is 338 Å². The Kier molecular flexibility index (Phi) is 22.2. The molecule has 562 valence electrons. The summed E-state index contributed by atoms with van der Waals surface area (Å²) in [7, 11) is 0. The fourth-order valence-electron chi connectivity index (χ4n) is 19.0. The van der Waals surface area contributed by atoms with Crippen molar-refractivity contribution in [2.45, 2.75) is 277 Å². The molecule has 20 N–H and O–H groups in total. The topological polar surface area (TPSA) is 550 Å². The molecule has 6 heterocycles. The van der Waals surface area contributed by atoms with Crippen molar-refractivity contribution in [1.29, 1.82) is 0 Å². The predicted octanol–water partition coefficient (Wildman–Crippen LogP) is -7.07. The molecule has 0 aromatic heterocycles. The van der Waals surface area contributed by atoms with Crippen LogP contribution in [0, 0.1) is 50.2 Å². The quantitative estimate of drug-likeness (QED) is 0.0344. The van der Waals surface area contributed by atoms with Gasteiger partial charge in [-0.15, -0.1) is 0 Å². The zero-order chi connectivity index (χ0) is 71.6. The predicted molar refractivity (Wildman–Crippen MR) is 319 cm³/mol. The number of carbonyl (C=O) groups excluding carboxylic acids is 1. The Balaban J connectivity index is 0.763. The van der Waals surface area contributed by atoms with Crippen LogP contribution >= 0.6 is 0 Å². The lowest BCUT2D eigenvalue weighted by Gasteiger charge is -2.71. The Hall–Kier alpha value is -2.52. The number of ether oxygens (including phenoxy) is 12.